The summed E-state index contributed by atoms with van der Waals surface area (Å²) in [7, 11) is 0. The highest BCUT2D eigenvalue weighted by molar-refractivity contribution is 7.80. The first-order valence-corrected chi connectivity index (χ1v) is 11.2. The first-order valence-electron chi connectivity index (χ1n) is 9.94. The number of carbonyl (C=O) groups is 1. The Balaban J connectivity index is 1.60. The van der Waals surface area contributed by atoms with E-state index in [4.69, 9.17) is 17.0 Å². The maximum atomic E-state index is 12.6. The lowest BCUT2D eigenvalue weighted by Crippen LogP contribution is -2.30. The smallest absolute Gasteiger partial charge is 0.341 e. The average molecular weight is 421 g/mol. The minimum atomic E-state index is -0.249. The predicted molar refractivity (Wildman–Crippen MR) is 117 cm³/mol. The van der Waals surface area contributed by atoms with Gasteiger partial charge < -0.3 is 15.4 Å². The molecule has 0 radical (unpaired) electrons. The van der Waals surface area contributed by atoms with E-state index in [0.29, 0.717) is 17.3 Å². The summed E-state index contributed by atoms with van der Waals surface area (Å²) in [5.41, 5.74) is 2.99. The highest BCUT2D eigenvalue weighted by atomic mass is 32.1. The van der Waals surface area contributed by atoms with Crippen molar-refractivity contribution in [1.82, 2.24) is 15.1 Å². The summed E-state index contributed by atoms with van der Waals surface area (Å²) in [6.45, 7) is 5.82. The van der Waals surface area contributed by atoms with Gasteiger partial charge in [-0.05, 0) is 69.3 Å². The zero-order valence-electron chi connectivity index (χ0n) is 16.5. The fraction of sp³-hybridized carbons (Fsp3) is 0.550. The van der Waals surface area contributed by atoms with Crippen LogP contribution in [0.2, 0.25) is 0 Å². The van der Waals surface area contributed by atoms with Gasteiger partial charge in [0.1, 0.15) is 5.00 Å². The van der Waals surface area contributed by atoms with Crippen molar-refractivity contribution in [2.24, 2.45) is 0 Å². The van der Waals surface area contributed by atoms with Crippen LogP contribution in [0.4, 0.5) is 5.00 Å². The number of thiocarbonyl (C=S) groups is 1. The number of ether oxygens (including phenoxy) is 1. The molecule has 2 N–H and O–H groups in total. The zero-order chi connectivity index (χ0) is 19.9. The lowest BCUT2D eigenvalue weighted by molar-refractivity contribution is 0.0527. The third-order valence-corrected chi connectivity index (χ3v) is 6.19. The van der Waals surface area contributed by atoms with E-state index < -0.39 is 0 Å². The molecule has 0 aliphatic heterocycles. The summed E-state index contributed by atoms with van der Waals surface area (Å²) in [6.07, 6.45) is 10.3. The normalized spacial score (nSPS) is 13.5. The van der Waals surface area contributed by atoms with Gasteiger partial charge in [-0.2, -0.15) is 5.10 Å². The van der Waals surface area contributed by atoms with Gasteiger partial charge in [0.15, 0.2) is 5.11 Å². The van der Waals surface area contributed by atoms with Crippen LogP contribution in [0.1, 0.15) is 59.0 Å². The molecular weight excluding hydrogens is 392 g/mol. The van der Waals surface area contributed by atoms with Crippen molar-refractivity contribution in [2.75, 3.05) is 18.5 Å². The van der Waals surface area contributed by atoms with Crippen molar-refractivity contribution in [1.29, 1.82) is 0 Å². The van der Waals surface area contributed by atoms with Crippen LogP contribution in [0.25, 0.3) is 0 Å². The van der Waals surface area contributed by atoms with E-state index in [1.54, 1.807) is 11.3 Å². The van der Waals surface area contributed by atoms with Gasteiger partial charge in [0.2, 0.25) is 0 Å². The standard InChI is InChI=1S/C20H28N4O2S2/c1-3-26-19(25)17-15-8-5-4-6-9-16(15)28-18(17)23-20(27)21-10-7-11-24-13-14(2)12-22-24/h12-13H,3-11H2,1-2H3,(H2,21,23,27). The van der Waals surface area contributed by atoms with Gasteiger partial charge >= 0.3 is 5.97 Å². The number of fused-ring (bicyclic) bond motifs is 1. The maximum absolute atomic E-state index is 12.6. The summed E-state index contributed by atoms with van der Waals surface area (Å²) in [5.74, 6) is -0.249. The topological polar surface area (TPSA) is 68.2 Å². The molecule has 1 aliphatic rings. The van der Waals surface area contributed by atoms with Crippen LogP contribution in [-0.4, -0.2) is 34.0 Å². The predicted octanol–water partition coefficient (Wildman–Crippen LogP) is 4.08. The monoisotopic (exact) mass is 420 g/mol. The first kappa shape index (κ1) is 20.8. The second kappa shape index (κ2) is 10.0. The molecule has 0 bridgehead atoms. The number of nitrogens with one attached hydrogen (secondary N) is 2. The van der Waals surface area contributed by atoms with Crippen molar-refractivity contribution < 1.29 is 9.53 Å². The molecule has 0 aromatic carbocycles. The van der Waals surface area contributed by atoms with Crippen LogP contribution in [0, 0.1) is 6.92 Å². The fourth-order valence-corrected chi connectivity index (χ4v) is 4.98. The number of hydrogen-bond acceptors (Lipinski definition) is 5. The molecule has 0 saturated heterocycles. The first-order chi connectivity index (χ1) is 13.6. The molecule has 28 heavy (non-hydrogen) atoms. The number of aromatic nitrogens is 2. The van der Waals surface area contributed by atoms with Crippen molar-refractivity contribution in [2.45, 2.75) is 58.9 Å². The Labute approximate surface area is 175 Å². The SMILES string of the molecule is CCOC(=O)c1c(NC(=S)NCCCn2cc(C)cn2)sc2c1CCCCC2. The van der Waals surface area contributed by atoms with Crippen LogP contribution in [0.3, 0.4) is 0 Å². The third-order valence-electron chi connectivity index (χ3n) is 4.74. The molecule has 0 atom stereocenters. The molecule has 0 spiro atoms. The molecule has 2 heterocycles. The van der Waals surface area contributed by atoms with Crippen molar-refractivity contribution in [3.8, 4) is 0 Å². The van der Waals surface area contributed by atoms with Crippen molar-refractivity contribution in [3.05, 3.63) is 34.0 Å². The van der Waals surface area contributed by atoms with Crippen LogP contribution < -0.4 is 10.6 Å². The molecule has 0 saturated carbocycles. The van der Waals surface area contributed by atoms with Crippen LogP contribution in [-0.2, 0) is 24.1 Å². The number of esters is 1. The Bertz CT molecular complexity index is 828. The molecule has 0 fully saturated rings. The molecule has 1 aliphatic carbocycles. The van der Waals surface area contributed by atoms with Gasteiger partial charge in [-0.3, -0.25) is 4.68 Å². The van der Waals surface area contributed by atoms with Crippen LogP contribution in [0.5, 0.6) is 0 Å². The van der Waals surface area contributed by atoms with E-state index in [1.165, 1.54) is 17.7 Å². The van der Waals surface area contributed by atoms with E-state index in [0.717, 1.165) is 54.9 Å². The Kier molecular flexibility index (Phi) is 7.44. The molecule has 2 aromatic rings. The Hall–Kier alpha value is -1.93. The number of anilines is 1. The van der Waals surface area contributed by atoms with Crippen LogP contribution in [0.15, 0.2) is 12.4 Å². The highest BCUT2D eigenvalue weighted by Crippen LogP contribution is 2.38. The maximum Gasteiger partial charge on any atom is 0.341 e. The van der Waals surface area contributed by atoms with E-state index in [2.05, 4.69) is 15.7 Å². The lowest BCUT2D eigenvalue weighted by Gasteiger charge is -2.11. The fourth-order valence-electron chi connectivity index (χ4n) is 3.43. The van der Waals surface area contributed by atoms with Gasteiger partial charge in [-0.25, -0.2) is 4.79 Å². The molecule has 0 amide bonds. The highest BCUT2D eigenvalue weighted by Gasteiger charge is 2.26. The second-order valence-corrected chi connectivity index (χ2v) is 8.52. The second-order valence-electron chi connectivity index (χ2n) is 7.00. The number of aryl methyl sites for hydroxylation is 3. The Morgan fingerprint density at radius 2 is 2.18 bits per heavy atom. The number of nitrogens with zero attached hydrogens (tertiary/aromatic N) is 2. The Morgan fingerprint density at radius 1 is 1.36 bits per heavy atom. The molecular formula is C20H28N4O2S2. The van der Waals surface area contributed by atoms with Gasteiger partial charge in [-0.15, -0.1) is 11.3 Å². The van der Waals surface area contributed by atoms with Gasteiger partial charge in [0.05, 0.1) is 18.4 Å². The molecule has 2 aromatic heterocycles. The zero-order valence-corrected chi connectivity index (χ0v) is 18.2. The third kappa shape index (κ3) is 5.32. The van der Waals surface area contributed by atoms with Crippen molar-refractivity contribution >= 4 is 39.6 Å². The van der Waals surface area contributed by atoms with Gasteiger partial charge in [-0.1, -0.05) is 6.42 Å². The minimum Gasteiger partial charge on any atom is -0.462 e. The van der Waals surface area contributed by atoms with Gasteiger partial charge in [0, 0.05) is 24.2 Å². The number of carbonyl (C=O) groups excluding carboxylic acids is 1. The molecule has 152 valence electrons. The molecule has 8 heteroatoms. The number of hydrogen-bond donors (Lipinski definition) is 2. The summed E-state index contributed by atoms with van der Waals surface area (Å²) < 4.78 is 7.25. The van der Waals surface area contributed by atoms with E-state index >= 15 is 0 Å². The number of thiophene rings is 1. The lowest BCUT2D eigenvalue weighted by atomic mass is 10.1. The summed E-state index contributed by atoms with van der Waals surface area (Å²) in [5, 5.41) is 12.1. The summed E-state index contributed by atoms with van der Waals surface area (Å²) in [4.78, 5) is 13.9. The average Bonchev–Trinajstić information content (AvgIpc) is 3.14. The van der Waals surface area contributed by atoms with Crippen LogP contribution >= 0.6 is 23.6 Å². The minimum absolute atomic E-state index is 0.249. The van der Waals surface area contributed by atoms with Gasteiger partial charge in [0.25, 0.3) is 0 Å². The van der Waals surface area contributed by atoms with E-state index in [1.807, 2.05) is 30.9 Å². The molecule has 3 rings (SSSR count). The summed E-state index contributed by atoms with van der Waals surface area (Å²) >= 11 is 7.10. The largest absolute Gasteiger partial charge is 0.462 e. The van der Waals surface area contributed by atoms with Crippen molar-refractivity contribution in [3.63, 3.8) is 0 Å². The number of rotatable bonds is 7. The Morgan fingerprint density at radius 3 is 2.93 bits per heavy atom. The molecule has 6 nitrogen and oxygen atoms in total. The molecule has 0 unspecified atom stereocenters. The summed E-state index contributed by atoms with van der Waals surface area (Å²) in [6, 6.07) is 0. The van der Waals surface area contributed by atoms with E-state index in [-0.39, 0.29) is 5.97 Å². The quantitative estimate of drug-likeness (QED) is 0.305. The van der Waals surface area contributed by atoms with E-state index in [9.17, 15) is 4.79 Å².